The van der Waals surface area contributed by atoms with Crippen molar-refractivity contribution in [2.24, 2.45) is 0 Å². The second kappa shape index (κ2) is 13.2. The molecule has 1 aliphatic carbocycles. The number of hydrogen-bond donors (Lipinski definition) is 0. The van der Waals surface area contributed by atoms with E-state index in [2.05, 4.69) is 219 Å². The Morgan fingerprint density at radius 3 is 1.91 bits per heavy atom. The molecule has 0 saturated heterocycles. The second-order valence-electron chi connectivity index (χ2n) is 15.7. The maximum atomic E-state index is 2.45. The number of anilines is 3. The number of thiophene rings is 1. The summed E-state index contributed by atoms with van der Waals surface area (Å²) >= 11 is 1.86. The summed E-state index contributed by atoms with van der Waals surface area (Å²) in [4.78, 5) is 2.45. The van der Waals surface area contributed by atoms with Gasteiger partial charge in [-0.05, 0) is 115 Å². The van der Waals surface area contributed by atoms with Gasteiger partial charge in [0.05, 0.1) is 5.69 Å². The molecule has 0 fully saturated rings. The van der Waals surface area contributed by atoms with Gasteiger partial charge in [0.2, 0.25) is 0 Å². The molecule has 10 aromatic rings. The molecule has 1 nitrogen and oxygen atoms in total. The van der Waals surface area contributed by atoms with E-state index in [1.165, 1.54) is 86.6 Å². The summed E-state index contributed by atoms with van der Waals surface area (Å²) in [6.07, 6.45) is 0. The van der Waals surface area contributed by atoms with Crippen LogP contribution in [0.1, 0.15) is 25.0 Å². The molecular weight excluding hydrogens is 707 g/mol. The molecule has 0 amide bonds. The van der Waals surface area contributed by atoms with E-state index in [4.69, 9.17) is 0 Å². The molecule has 11 rings (SSSR count). The zero-order valence-electron chi connectivity index (χ0n) is 31.9. The van der Waals surface area contributed by atoms with E-state index >= 15 is 0 Å². The predicted molar refractivity (Wildman–Crippen MR) is 245 cm³/mol. The minimum absolute atomic E-state index is 0.0849. The normalized spacial score (nSPS) is 12.9. The maximum Gasteiger partial charge on any atom is 0.0540 e. The smallest absolute Gasteiger partial charge is 0.0540 e. The fourth-order valence-electron chi connectivity index (χ4n) is 9.20. The molecule has 270 valence electrons. The van der Waals surface area contributed by atoms with Gasteiger partial charge in [-0.25, -0.2) is 0 Å². The molecule has 0 saturated carbocycles. The third-order valence-electron chi connectivity index (χ3n) is 12.1. The van der Waals surface area contributed by atoms with Crippen molar-refractivity contribution in [2.75, 3.05) is 4.90 Å². The van der Waals surface area contributed by atoms with Gasteiger partial charge in [0.15, 0.2) is 0 Å². The Bertz CT molecular complexity index is 3170. The first-order valence-corrected chi connectivity index (χ1v) is 20.6. The summed E-state index contributed by atoms with van der Waals surface area (Å²) in [6, 6.07) is 74.0. The van der Waals surface area contributed by atoms with Gasteiger partial charge in [-0.2, -0.15) is 0 Å². The average Bonchev–Trinajstić information content (AvgIpc) is 3.75. The van der Waals surface area contributed by atoms with Crippen molar-refractivity contribution in [1.29, 1.82) is 0 Å². The fourth-order valence-corrected chi connectivity index (χ4v) is 10.3. The Morgan fingerprint density at radius 2 is 1.02 bits per heavy atom. The van der Waals surface area contributed by atoms with Crippen LogP contribution in [0.15, 0.2) is 200 Å². The standard InChI is InChI=1S/C55H39NS/c1-55(2)49-21-8-5-19-47(49)54-46(20-12-22-50(54)55)44-17-6-9-23-51(44)56(42-30-27-37(28-31-42)40-26-25-36-13-3-4-14-38(36)33-40)43-16-11-15-39(34-43)41-29-32-53-48(35-41)45-18-7-10-24-52(45)57-53/h3-35H,1-2H3. The zero-order chi connectivity index (χ0) is 38.1. The fraction of sp³-hybridized carbons (Fsp3) is 0.0545. The minimum atomic E-state index is -0.0849. The van der Waals surface area contributed by atoms with Crippen LogP contribution < -0.4 is 4.90 Å². The van der Waals surface area contributed by atoms with Gasteiger partial charge in [-0.15, -0.1) is 11.3 Å². The third kappa shape index (κ3) is 5.51. The van der Waals surface area contributed by atoms with E-state index in [-0.39, 0.29) is 5.41 Å². The molecule has 0 bridgehead atoms. The Hall–Kier alpha value is -6.74. The number of fused-ring (bicyclic) bond motifs is 7. The van der Waals surface area contributed by atoms with Gasteiger partial charge in [0.25, 0.3) is 0 Å². The highest BCUT2D eigenvalue weighted by atomic mass is 32.1. The van der Waals surface area contributed by atoms with Crippen molar-refractivity contribution in [3.8, 4) is 44.5 Å². The lowest BCUT2D eigenvalue weighted by atomic mass is 9.82. The quantitative estimate of drug-likeness (QED) is 0.164. The second-order valence-corrected chi connectivity index (χ2v) is 16.8. The van der Waals surface area contributed by atoms with Crippen LogP contribution in [0.2, 0.25) is 0 Å². The van der Waals surface area contributed by atoms with Crippen LogP contribution in [-0.4, -0.2) is 0 Å². The monoisotopic (exact) mass is 745 g/mol. The summed E-state index contributed by atoms with van der Waals surface area (Å²) in [5.41, 5.74) is 16.0. The molecule has 1 heterocycles. The van der Waals surface area contributed by atoms with Gasteiger partial charge >= 0.3 is 0 Å². The van der Waals surface area contributed by atoms with E-state index in [1.54, 1.807) is 0 Å². The average molecular weight is 746 g/mol. The molecule has 0 atom stereocenters. The molecule has 1 aliphatic rings. The van der Waals surface area contributed by atoms with Crippen LogP contribution in [0.5, 0.6) is 0 Å². The van der Waals surface area contributed by atoms with Crippen molar-refractivity contribution in [1.82, 2.24) is 0 Å². The third-order valence-corrected chi connectivity index (χ3v) is 13.2. The van der Waals surface area contributed by atoms with E-state index in [1.807, 2.05) is 11.3 Å². The van der Waals surface area contributed by atoms with Crippen molar-refractivity contribution >= 4 is 59.3 Å². The maximum absolute atomic E-state index is 2.45. The number of benzene rings is 9. The number of rotatable bonds is 6. The largest absolute Gasteiger partial charge is 0.310 e. The lowest BCUT2D eigenvalue weighted by Crippen LogP contribution is -2.14. The van der Waals surface area contributed by atoms with Crippen LogP contribution >= 0.6 is 11.3 Å². The molecule has 57 heavy (non-hydrogen) atoms. The Balaban J connectivity index is 1.09. The highest BCUT2D eigenvalue weighted by molar-refractivity contribution is 7.25. The van der Waals surface area contributed by atoms with Crippen molar-refractivity contribution < 1.29 is 0 Å². The molecule has 0 radical (unpaired) electrons. The lowest BCUT2D eigenvalue weighted by molar-refractivity contribution is 0.660. The molecule has 0 spiro atoms. The molecule has 0 N–H and O–H groups in total. The Morgan fingerprint density at radius 1 is 0.386 bits per heavy atom. The van der Waals surface area contributed by atoms with Gasteiger partial charge < -0.3 is 4.90 Å². The first-order chi connectivity index (χ1) is 28.0. The van der Waals surface area contributed by atoms with Crippen molar-refractivity contribution in [2.45, 2.75) is 19.3 Å². The summed E-state index contributed by atoms with van der Waals surface area (Å²) in [7, 11) is 0. The zero-order valence-corrected chi connectivity index (χ0v) is 32.7. The number of para-hydroxylation sites is 1. The van der Waals surface area contributed by atoms with Crippen LogP contribution in [0.4, 0.5) is 17.1 Å². The highest BCUT2D eigenvalue weighted by Crippen LogP contribution is 2.54. The molecule has 1 aromatic heterocycles. The molecule has 0 aliphatic heterocycles. The van der Waals surface area contributed by atoms with Crippen LogP contribution in [0, 0.1) is 0 Å². The number of nitrogens with zero attached hydrogens (tertiary/aromatic N) is 1. The first-order valence-electron chi connectivity index (χ1n) is 19.8. The van der Waals surface area contributed by atoms with E-state index in [9.17, 15) is 0 Å². The highest BCUT2D eigenvalue weighted by Gasteiger charge is 2.37. The lowest BCUT2D eigenvalue weighted by Gasteiger charge is -2.29. The van der Waals surface area contributed by atoms with Crippen molar-refractivity contribution in [3.63, 3.8) is 0 Å². The summed E-state index contributed by atoms with van der Waals surface area (Å²) in [5, 5.41) is 5.13. The summed E-state index contributed by atoms with van der Waals surface area (Å²) in [5.74, 6) is 0. The van der Waals surface area contributed by atoms with E-state index in [0.29, 0.717) is 0 Å². The van der Waals surface area contributed by atoms with E-state index in [0.717, 1.165) is 17.1 Å². The number of hydrogen-bond acceptors (Lipinski definition) is 2. The summed E-state index contributed by atoms with van der Waals surface area (Å²) < 4.78 is 2.64. The van der Waals surface area contributed by atoms with Gasteiger partial charge in [-0.1, -0.05) is 159 Å². The van der Waals surface area contributed by atoms with Crippen LogP contribution in [0.25, 0.3) is 75.5 Å². The van der Waals surface area contributed by atoms with Crippen LogP contribution in [-0.2, 0) is 5.41 Å². The molecule has 2 heteroatoms. The predicted octanol–water partition coefficient (Wildman–Crippen LogP) is 16.0. The molecule has 9 aromatic carbocycles. The molecule has 0 unspecified atom stereocenters. The van der Waals surface area contributed by atoms with Crippen LogP contribution in [0.3, 0.4) is 0 Å². The summed E-state index contributed by atoms with van der Waals surface area (Å²) in [6.45, 7) is 4.72. The topological polar surface area (TPSA) is 3.24 Å². The van der Waals surface area contributed by atoms with Crippen molar-refractivity contribution in [3.05, 3.63) is 211 Å². The molecular formula is C55H39NS. The Labute approximate surface area is 337 Å². The van der Waals surface area contributed by atoms with Gasteiger partial charge in [-0.3, -0.25) is 0 Å². The Kier molecular flexibility index (Phi) is 7.77. The van der Waals surface area contributed by atoms with E-state index < -0.39 is 0 Å². The first kappa shape index (κ1) is 33.6. The van der Waals surface area contributed by atoms with Gasteiger partial charge in [0, 0.05) is 42.5 Å². The minimum Gasteiger partial charge on any atom is -0.310 e. The van der Waals surface area contributed by atoms with Gasteiger partial charge in [0.1, 0.15) is 0 Å². The SMILES string of the molecule is CC1(C)c2ccccc2-c2c(-c3ccccc3N(c3ccc(-c4ccc5ccccc5c4)cc3)c3cccc(-c4ccc5sc6ccccc6c5c4)c3)cccc21.